The second kappa shape index (κ2) is 8.10. The van der Waals surface area contributed by atoms with Crippen LogP contribution in [0, 0.1) is 11.3 Å². The molecule has 1 aliphatic rings. The second-order valence-electron chi connectivity index (χ2n) is 7.08. The first-order valence-electron chi connectivity index (χ1n) is 9.68. The number of aromatic amines is 1. The van der Waals surface area contributed by atoms with E-state index in [1.165, 1.54) is 6.42 Å². The molecule has 3 aromatic rings. The lowest BCUT2D eigenvalue weighted by molar-refractivity contribution is 0.571. The van der Waals surface area contributed by atoms with Crippen molar-refractivity contribution in [3.63, 3.8) is 0 Å². The van der Waals surface area contributed by atoms with Gasteiger partial charge >= 0.3 is 0 Å². The Morgan fingerprint density at radius 3 is 2.46 bits per heavy atom. The van der Waals surface area contributed by atoms with Crippen LogP contribution in [0.4, 0.5) is 5.82 Å². The molecule has 0 aliphatic carbocycles. The summed E-state index contributed by atoms with van der Waals surface area (Å²) in [7, 11) is 0. The number of H-pyrrole nitrogens is 1. The summed E-state index contributed by atoms with van der Waals surface area (Å²) in [5.41, 5.74) is 2.83. The van der Waals surface area contributed by atoms with E-state index in [4.69, 9.17) is 4.98 Å². The molecule has 2 aromatic carbocycles. The summed E-state index contributed by atoms with van der Waals surface area (Å²) < 4.78 is 0. The first-order chi connectivity index (χ1) is 13.8. The van der Waals surface area contributed by atoms with Crippen molar-refractivity contribution < 1.29 is 0 Å². The van der Waals surface area contributed by atoms with Gasteiger partial charge < -0.3 is 9.88 Å². The highest BCUT2D eigenvalue weighted by atomic mass is 16.1. The highest BCUT2D eigenvalue weighted by molar-refractivity contribution is 5.60. The monoisotopic (exact) mass is 370 g/mol. The van der Waals surface area contributed by atoms with E-state index in [0.29, 0.717) is 23.4 Å². The average molecular weight is 370 g/mol. The highest BCUT2D eigenvalue weighted by Crippen LogP contribution is 2.25. The summed E-state index contributed by atoms with van der Waals surface area (Å²) in [6, 6.07) is 19.4. The quantitative estimate of drug-likeness (QED) is 0.756. The van der Waals surface area contributed by atoms with Crippen molar-refractivity contribution in [1.82, 2.24) is 9.97 Å². The predicted molar refractivity (Wildman–Crippen MR) is 110 cm³/mol. The van der Waals surface area contributed by atoms with Crippen LogP contribution in [0.5, 0.6) is 0 Å². The van der Waals surface area contributed by atoms with Crippen molar-refractivity contribution in [3.05, 3.63) is 81.6 Å². The summed E-state index contributed by atoms with van der Waals surface area (Å²) in [6.45, 7) is 1.80. The van der Waals surface area contributed by atoms with Crippen molar-refractivity contribution in [2.45, 2.75) is 25.7 Å². The molecule has 140 valence electrons. The van der Waals surface area contributed by atoms with Crippen LogP contribution in [-0.2, 0) is 6.42 Å². The summed E-state index contributed by atoms with van der Waals surface area (Å²) in [5, 5.41) is 9.41. The minimum absolute atomic E-state index is 0.137. The Kier molecular flexibility index (Phi) is 5.20. The topological polar surface area (TPSA) is 72.8 Å². The average Bonchev–Trinajstić information content (AvgIpc) is 2.76. The van der Waals surface area contributed by atoms with E-state index in [2.05, 4.69) is 16.0 Å². The molecule has 28 heavy (non-hydrogen) atoms. The largest absolute Gasteiger partial charge is 0.356 e. The maximum Gasteiger partial charge on any atom is 0.256 e. The van der Waals surface area contributed by atoms with Gasteiger partial charge in [-0.15, -0.1) is 0 Å². The molecule has 1 N–H and O–H groups in total. The number of nitriles is 1. The number of anilines is 1. The van der Waals surface area contributed by atoms with Gasteiger partial charge in [0.15, 0.2) is 0 Å². The van der Waals surface area contributed by atoms with Crippen molar-refractivity contribution in [1.29, 1.82) is 5.26 Å². The molecule has 0 amide bonds. The molecule has 5 nitrogen and oxygen atoms in total. The molecular formula is C23H22N4O. The van der Waals surface area contributed by atoms with Gasteiger partial charge in [0.25, 0.3) is 5.56 Å². The van der Waals surface area contributed by atoms with Crippen LogP contribution in [0.15, 0.2) is 59.4 Å². The molecule has 0 saturated carbocycles. The smallest absolute Gasteiger partial charge is 0.256 e. The summed E-state index contributed by atoms with van der Waals surface area (Å²) >= 11 is 0. The number of nitrogens with zero attached hydrogens (tertiary/aromatic N) is 3. The molecule has 0 radical (unpaired) electrons. The summed E-state index contributed by atoms with van der Waals surface area (Å²) in [5.74, 6) is 1.33. The molecule has 1 saturated heterocycles. The van der Waals surface area contributed by atoms with Gasteiger partial charge in [-0.25, -0.2) is 4.98 Å². The van der Waals surface area contributed by atoms with Crippen LogP contribution < -0.4 is 10.5 Å². The van der Waals surface area contributed by atoms with Crippen LogP contribution in [0.3, 0.4) is 0 Å². The van der Waals surface area contributed by atoms with E-state index in [1.807, 2.05) is 48.5 Å². The third-order valence-corrected chi connectivity index (χ3v) is 5.20. The van der Waals surface area contributed by atoms with Crippen LogP contribution in [0.25, 0.3) is 11.4 Å². The molecule has 2 heterocycles. The Morgan fingerprint density at radius 2 is 1.71 bits per heavy atom. The molecule has 1 aromatic heterocycles. The summed E-state index contributed by atoms with van der Waals surface area (Å²) in [6.07, 6.45) is 3.80. The van der Waals surface area contributed by atoms with Gasteiger partial charge in [-0.2, -0.15) is 5.26 Å². The van der Waals surface area contributed by atoms with Crippen LogP contribution in [0.1, 0.15) is 36.0 Å². The lowest BCUT2D eigenvalue weighted by Gasteiger charge is -2.29. The van der Waals surface area contributed by atoms with Gasteiger partial charge in [-0.3, -0.25) is 4.79 Å². The molecule has 0 atom stereocenters. The number of hydrogen-bond donors (Lipinski definition) is 1. The van der Waals surface area contributed by atoms with Crippen molar-refractivity contribution >= 4 is 5.82 Å². The van der Waals surface area contributed by atoms with E-state index < -0.39 is 0 Å². The molecule has 1 fully saturated rings. The van der Waals surface area contributed by atoms with Crippen molar-refractivity contribution in [3.8, 4) is 17.5 Å². The number of piperidine rings is 1. The Labute approximate surface area is 164 Å². The van der Waals surface area contributed by atoms with E-state index in [0.717, 1.165) is 42.9 Å². The van der Waals surface area contributed by atoms with Crippen molar-refractivity contribution in [2.75, 3.05) is 18.0 Å². The molecule has 0 spiro atoms. The zero-order chi connectivity index (χ0) is 19.3. The zero-order valence-electron chi connectivity index (χ0n) is 15.7. The number of hydrogen-bond acceptors (Lipinski definition) is 4. The molecule has 0 bridgehead atoms. The molecule has 1 aliphatic heterocycles. The van der Waals surface area contributed by atoms with E-state index in [1.54, 1.807) is 6.07 Å². The van der Waals surface area contributed by atoms with Gasteiger partial charge in [0, 0.05) is 25.1 Å². The minimum atomic E-state index is -0.137. The molecule has 5 heteroatoms. The fourth-order valence-corrected chi connectivity index (χ4v) is 3.72. The highest BCUT2D eigenvalue weighted by Gasteiger charge is 2.21. The van der Waals surface area contributed by atoms with Gasteiger partial charge in [-0.05, 0) is 30.9 Å². The summed E-state index contributed by atoms with van der Waals surface area (Å²) in [4.78, 5) is 23.1. The number of nitrogens with one attached hydrogen (secondary N) is 1. The van der Waals surface area contributed by atoms with Gasteiger partial charge in [-0.1, -0.05) is 48.5 Å². The lowest BCUT2D eigenvalue weighted by Crippen LogP contribution is -2.33. The van der Waals surface area contributed by atoms with Gasteiger partial charge in [0.05, 0.1) is 17.2 Å². The van der Waals surface area contributed by atoms with Gasteiger partial charge in [0.2, 0.25) is 0 Å². The van der Waals surface area contributed by atoms with E-state index in [-0.39, 0.29) is 5.56 Å². The van der Waals surface area contributed by atoms with E-state index >= 15 is 0 Å². The Morgan fingerprint density at radius 1 is 1.00 bits per heavy atom. The third-order valence-electron chi connectivity index (χ3n) is 5.20. The van der Waals surface area contributed by atoms with E-state index in [9.17, 15) is 10.1 Å². The van der Waals surface area contributed by atoms with Crippen LogP contribution >= 0.6 is 0 Å². The third kappa shape index (κ3) is 3.67. The first-order valence-corrected chi connectivity index (χ1v) is 9.68. The lowest BCUT2D eigenvalue weighted by atomic mass is 10.0. The Bertz CT molecular complexity index is 1060. The molecular weight excluding hydrogens is 348 g/mol. The minimum Gasteiger partial charge on any atom is -0.356 e. The Balaban J connectivity index is 1.82. The Hall–Kier alpha value is -3.39. The number of rotatable bonds is 4. The zero-order valence-corrected chi connectivity index (χ0v) is 15.7. The van der Waals surface area contributed by atoms with Crippen LogP contribution in [-0.4, -0.2) is 23.1 Å². The standard InChI is InChI=1S/C23H22N4O/c24-16-19-12-6-5-11-18(19)15-20-22(27-13-7-2-8-14-27)25-21(26-23(20)28)17-9-3-1-4-10-17/h1,3-6,9-12H,2,7-8,13-15H2,(H,25,26,28). The maximum atomic E-state index is 13.1. The fourth-order valence-electron chi connectivity index (χ4n) is 3.72. The first kappa shape index (κ1) is 18.0. The fraction of sp³-hybridized carbons (Fsp3) is 0.261. The number of aromatic nitrogens is 2. The second-order valence-corrected chi connectivity index (χ2v) is 7.08. The van der Waals surface area contributed by atoms with Gasteiger partial charge in [0.1, 0.15) is 11.6 Å². The SMILES string of the molecule is N#Cc1ccccc1Cc1c(N2CCCCC2)nc(-c2ccccc2)[nH]c1=O. The normalized spacial score (nSPS) is 13.9. The van der Waals surface area contributed by atoms with Crippen molar-refractivity contribution in [2.24, 2.45) is 0 Å². The number of benzene rings is 2. The molecule has 0 unspecified atom stereocenters. The predicted octanol–water partition coefficient (Wildman–Crippen LogP) is 3.89. The van der Waals surface area contributed by atoms with Crippen LogP contribution in [0.2, 0.25) is 0 Å². The maximum absolute atomic E-state index is 13.1. The molecule has 4 rings (SSSR count).